The molecule has 0 radical (unpaired) electrons. The first-order chi connectivity index (χ1) is 6.58. The zero-order chi connectivity index (χ0) is 10.2. The van der Waals surface area contributed by atoms with Crippen LogP contribution < -0.4 is 4.74 Å². The minimum absolute atomic E-state index is 0.0586. The van der Waals surface area contributed by atoms with Gasteiger partial charge in [0.25, 0.3) is 5.92 Å². The topological polar surface area (TPSA) is 22.1 Å². The van der Waals surface area contributed by atoms with Gasteiger partial charge in [-0.1, -0.05) is 0 Å². The van der Waals surface area contributed by atoms with Crippen LogP contribution in [0.25, 0.3) is 0 Å². The molecule has 0 bridgehead atoms. The molecule has 5 heteroatoms. The third-order valence-electron chi connectivity index (χ3n) is 2.11. The highest BCUT2D eigenvalue weighted by Gasteiger charge is 2.57. The van der Waals surface area contributed by atoms with Crippen LogP contribution in [0.2, 0.25) is 0 Å². The number of rotatable bonds is 3. The molecule has 2 nitrogen and oxygen atoms in total. The standard InChI is InChI=1S/C9H8BrF2NO/c10-8-2-1-7(4-13-8)14-5-6-3-9(6,11)12/h1-2,4,6H,3,5H2/t6-/m1/s1. The fourth-order valence-corrected chi connectivity index (χ4v) is 1.33. The highest BCUT2D eigenvalue weighted by molar-refractivity contribution is 9.10. The summed E-state index contributed by atoms with van der Waals surface area (Å²) < 4.78 is 30.8. The smallest absolute Gasteiger partial charge is 0.255 e. The van der Waals surface area contributed by atoms with E-state index < -0.39 is 11.8 Å². The lowest BCUT2D eigenvalue weighted by atomic mass is 10.4. The van der Waals surface area contributed by atoms with Crippen molar-refractivity contribution in [3.8, 4) is 5.75 Å². The number of nitrogens with zero attached hydrogens (tertiary/aromatic N) is 1. The molecule has 1 aromatic rings. The Morgan fingerprint density at radius 1 is 1.57 bits per heavy atom. The third kappa shape index (κ3) is 2.20. The van der Waals surface area contributed by atoms with E-state index in [4.69, 9.17) is 4.74 Å². The van der Waals surface area contributed by atoms with Gasteiger partial charge in [0, 0.05) is 6.42 Å². The van der Waals surface area contributed by atoms with Gasteiger partial charge in [-0.05, 0) is 28.1 Å². The summed E-state index contributed by atoms with van der Waals surface area (Å²) in [6.07, 6.45) is 1.45. The largest absolute Gasteiger partial charge is 0.491 e. The summed E-state index contributed by atoms with van der Waals surface area (Å²) in [5, 5.41) is 0. The summed E-state index contributed by atoms with van der Waals surface area (Å²) in [5.41, 5.74) is 0. The Morgan fingerprint density at radius 3 is 2.79 bits per heavy atom. The third-order valence-corrected chi connectivity index (χ3v) is 2.58. The maximum Gasteiger partial charge on any atom is 0.255 e. The fraction of sp³-hybridized carbons (Fsp3) is 0.444. The molecule has 1 fully saturated rings. The Morgan fingerprint density at radius 2 is 2.29 bits per heavy atom. The molecular weight excluding hydrogens is 256 g/mol. The lowest BCUT2D eigenvalue weighted by Crippen LogP contribution is -2.05. The number of alkyl halides is 2. The van der Waals surface area contributed by atoms with Gasteiger partial charge in [-0.15, -0.1) is 0 Å². The lowest BCUT2D eigenvalue weighted by molar-refractivity contribution is 0.0855. The van der Waals surface area contributed by atoms with Gasteiger partial charge in [-0.25, -0.2) is 13.8 Å². The number of aromatic nitrogens is 1. The molecule has 0 saturated heterocycles. The molecule has 1 atom stereocenters. The van der Waals surface area contributed by atoms with Gasteiger partial charge in [0.05, 0.1) is 18.7 Å². The molecule has 14 heavy (non-hydrogen) atoms. The van der Waals surface area contributed by atoms with E-state index in [9.17, 15) is 8.78 Å². The van der Waals surface area contributed by atoms with Gasteiger partial charge in [0.1, 0.15) is 10.4 Å². The van der Waals surface area contributed by atoms with Crippen molar-refractivity contribution in [2.45, 2.75) is 12.3 Å². The van der Waals surface area contributed by atoms with Crippen molar-refractivity contribution in [3.63, 3.8) is 0 Å². The minimum atomic E-state index is -2.51. The zero-order valence-corrected chi connectivity index (χ0v) is 8.80. The molecule has 1 aromatic heterocycles. The quantitative estimate of drug-likeness (QED) is 0.783. The highest BCUT2D eigenvalue weighted by Crippen LogP contribution is 2.48. The first-order valence-electron chi connectivity index (χ1n) is 4.20. The van der Waals surface area contributed by atoms with Gasteiger partial charge in [-0.2, -0.15) is 0 Å². The summed E-state index contributed by atoms with van der Waals surface area (Å²) >= 11 is 3.17. The number of halogens is 3. The minimum Gasteiger partial charge on any atom is -0.491 e. The summed E-state index contributed by atoms with van der Waals surface area (Å²) in [7, 11) is 0. The highest BCUT2D eigenvalue weighted by atomic mass is 79.9. The van der Waals surface area contributed by atoms with Gasteiger partial charge >= 0.3 is 0 Å². The predicted molar refractivity (Wildman–Crippen MR) is 50.5 cm³/mol. The second-order valence-corrected chi connectivity index (χ2v) is 4.10. The maximum absolute atomic E-state index is 12.5. The van der Waals surface area contributed by atoms with Crippen LogP contribution in [-0.4, -0.2) is 17.5 Å². The molecule has 1 aliphatic carbocycles. The van der Waals surface area contributed by atoms with Crippen LogP contribution in [0.4, 0.5) is 8.78 Å². The van der Waals surface area contributed by atoms with E-state index in [1.807, 2.05) is 0 Å². The summed E-state index contributed by atoms with van der Waals surface area (Å²) in [4.78, 5) is 3.92. The Hall–Kier alpha value is -0.710. The molecule has 0 unspecified atom stereocenters. The van der Waals surface area contributed by atoms with Crippen molar-refractivity contribution in [1.29, 1.82) is 0 Å². The number of ether oxygens (including phenoxy) is 1. The molecule has 1 saturated carbocycles. The van der Waals surface area contributed by atoms with Crippen LogP contribution >= 0.6 is 15.9 Å². The Balaban J connectivity index is 1.84. The fourth-order valence-electron chi connectivity index (χ4n) is 1.09. The molecule has 1 aliphatic rings. The molecule has 0 amide bonds. The second kappa shape index (κ2) is 3.46. The van der Waals surface area contributed by atoms with E-state index in [-0.39, 0.29) is 13.0 Å². The van der Waals surface area contributed by atoms with Crippen LogP contribution in [0.1, 0.15) is 6.42 Å². The predicted octanol–water partition coefficient (Wildman–Crippen LogP) is 2.88. The van der Waals surface area contributed by atoms with Crippen LogP contribution in [0.5, 0.6) is 5.75 Å². The monoisotopic (exact) mass is 263 g/mol. The molecular formula is C9H8BrF2NO. The maximum atomic E-state index is 12.5. The van der Waals surface area contributed by atoms with Gasteiger partial charge < -0.3 is 4.74 Å². The summed E-state index contributed by atoms with van der Waals surface area (Å²) in [5.74, 6) is -2.61. The Bertz CT molecular complexity index is 328. The molecule has 0 N–H and O–H groups in total. The van der Waals surface area contributed by atoms with E-state index in [0.29, 0.717) is 10.4 Å². The van der Waals surface area contributed by atoms with E-state index in [1.165, 1.54) is 6.20 Å². The van der Waals surface area contributed by atoms with Crippen LogP contribution in [0.3, 0.4) is 0 Å². The number of pyridine rings is 1. The molecule has 0 aromatic carbocycles. The molecule has 76 valence electrons. The number of hydrogen-bond donors (Lipinski definition) is 0. The second-order valence-electron chi connectivity index (χ2n) is 3.29. The van der Waals surface area contributed by atoms with Crippen molar-refractivity contribution in [3.05, 3.63) is 22.9 Å². The van der Waals surface area contributed by atoms with Crippen molar-refractivity contribution >= 4 is 15.9 Å². The SMILES string of the molecule is FC1(F)C[C@@H]1COc1ccc(Br)nc1. The first-order valence-corrected chi connectivity index (χ1v) is 4.99. The van der Waals surface area contributed by atoms with E-state index >= 15 is 0 Å². The lowest BCUT2D eigenvalue weighted by Gasteiger charge is -2.04. The average Bonchev–Trinajstić information content (AvgIpc) is 2.73. The summed E-state index contributed by atoms with van der Waals surface area (Å²) in [6, 6.07) is 3.40. The summed E-state index contributed by atoms with van der Waals surface area (Å²) in [6.45, 7) is 0.0658. The number of hydrogen-bond acceptors (Lipinski definition) is 2. The molecule has 1 heterocycles. The van der Waals surface area contributed by atoms with Crippen molar-refractivity contribution in [1.82, 2.24) is 4.98 Å². The first kappa shape index (κ1) is 9.83. The zero-order valence-electron chi connectivity index (χ0n) is 7.21. The molecule has 0 aliphatic heterocycles. The van der Waals surface area contributed by atoms with Crippen LogP contribution in [-0.2, 0) is 0 Å². The van der Waals surface area contributed by atoms with Gasteiger partial charge in [0.15, 0.2) is 0 Å². The van der Waals surface area contributed by atoms with Crippen LogP contribution in [0.15, 0.2) is 22.9 Å². The van der Waals surface area contributed by atoms with Crippen molar-refractivity contribution in [2.24, 2.45) is 5.92 Å². The molecule has 0 spiro atoms. The average molecular weight is 264 g/mol. The van der Waals surface area contributed by atoms with Crippen LogP contribution in [0, 0.1) is 5.92 Å². The Labute approximate surface area is 88.4 Å². The van der Waals surface area contributed by atoms with E-state index in [1.54, 1.807) is 12.1 Å². The van der Waals surface area contributed by atoms with E-state index in [2.05, 4.69) is 20.9 Å². The van der Waals surface area contributed by atoms with Gasteiger partial charge in [0.2, 0.25) is 0 Å². The van der Waals surface area contributed by atoms with Gasteiger partial charge in [-0.3, -0.25) is 0 Å². The van der Waals surface area contributed by atoms with Crippen molar-refractivity contribution < 1.29 is 13.5 Å². The van der Waals surface area contributed by atoms with E-state index in [0.717, 1.165) is 0 Å². The molecule has 2 rings (SSSR count). The van der Waals surface area contributed by atoms with Crippen molar-refractivity contribution in [2.75, 3.05) is 6.61 Å². The Kier molecular flexibility index (Phi) is 2.43. The normalized spacial score (nSPS) is 23.2.